The first-order chi connectivity index (χ1) is 6.86. The molecular formula is C9H6N4O. The predicted octanol–water partition coefficient (Wildman–Crippen LogP) is 0.571. The molecule has 14 heavy (non-hydrogen) atoms. The molecule has 1 aromatic carbocycles. The summed E-state index contributed by atoms with van der Waals surface area (Å²) in [7, 11) is 0. The molecule has 2 aromatic heterocycles. The first-order valence-corrected chi connectivity index (χ1v) is 4.18. The van der Waals surface area contributed by atoms with E-state index in [9.17, 15) is 4.79 Å². The van der Waals surface area contributed by atoms with Crippen molar-refractivity contribution in [3.05, 3.63) is 40.8 Å². The Morgan fingerprint density at radius 2 is 2.14 bits per heavy atom. The van der Waals surface area contributed by atoms with Gasteiger partial charge in [-0.1, -0.05) is 17.3 Å². The Morgan fingerprint density at radius 3 is 3.07 bits per heavy atom. The number of nitrogens with zero attached hydrogens (tertiary/aromatic N) is 3. The van der Waals surface area contributed by atoms with Crippen LogP contribution in [0.4, 0.5) is 0 Å². The van der Waals surface area contributed by atoms with E-state index in [-0.39, 0.29) is 5.56 Å². The number of fused-ring (bicyclic) bond motifs is 3. The van der Waals surface area contributed by atoms with E-state index in [1.54, 1.807) is 10.6 Å². The molecule has 0 spiro atoms. The molecule has 0 saturated carbocycles. The minimum Gasteiger partial charge on any atom is -0.305 e. The number of benzene rings is 1. The summed E-state index contributed by atoms with van der Waals surface area (Å²) in [5, 5.41) is 8.24. The number of hydrogen-bond donors (Lipinski definition) is 1. The first kappa shape index (κ1) is 7.25. The van der Waals surface area contributed by atoms with Crippen LogP contribution >= 0.6 is 0 Å². The summed E-state index contributed by atoms with van der Waals surface area (Å²) >= 11 is 0. The standard InChI is InChI=1S/C9H6N4O/c14-9-6-3-1-2-4-7(6)13-8(11-9)5-10-12-13/h1-5H,(H,11,14). The zero-order valence-electron chi connectivity index (χ0n) is 7.14. The highest BCUT2D eigenvalue weighted by molar-refractivity contribution is 5.79. The smallest absolute Gasteiger partial charge is 0.259 e. The van der Waals surface area contributed by atoms with Crippen molar-refractivity contribution in [3.8, 4) is 0 Å². The van der Waals surface area contributed by atoms with Gasteiger partial charge in [-0.05, 0) is 12.1 Å². The van der Waals surface area contributed by atoms with Crippen LogP contribution in [0.1, 0.15) is 0 Å². The zero-order valence-corrected chi connectivity index (χ0v) is 7.14. The lowest BCUT2D eigenvalue weighted by molar-refractivity contribution is 0.873. The van der Waals surface area contributed by atoms with Crippen molar-refractivity contribution in [2.24, 2.45) is 0 Å². The van der Waals surface area contributed by atoms with E-state index in [4.69, 9.17) is 0 Å². The molecule has 0 amide bonds. The lowest BCUT2D eigenvalue weighted by Crippen LogP contribution is -2.09. The minimum absolute atomic E-state index is 0.115. The number of nitrogens with one attached hydrogen (secondary N) is 1. The molecule has 5 nitrogen and oxygen atoms in total. The van der Waals surface area contributed by atoms with Crippen LogP contribution in [0.5, 0.6) is 0 Å². The maximum Gasteiger partial charge on any atom is 0.259 e. The largest absolute Gasteiger partial charge is 0.305 e. The van der Waals surface area contributed by atoms with Crippen LogP contribution in [0.15, 0.2) is 35.3 Å². The number of hydrogen-bond acceptors (Lipinski definition) is 3. The van der Waals surface area contributed by atoms with Crippen molar-refractivity contribution in [2.75, 3.05) is 0 Å². The molecule has 2 heterocycles. The van der Waals surface area contributed by atoms with Crippen molar-refractivity contribution in [3.63, 3.8) is 0 Å². The van der Waals surface area contributed by atoms with Gasteiger partial charge in [0.1, 0.15) is 0 Å². The van der Waals surface area contributed by atoms with Crippen molar-refractivity contribution < 1.29 is 0 Å². The normalized spacial score (nSPS) is 11.1. The predicted molar refractivity (Wildman–Crippen MR) is 51.1 cm³/mol. The van der Waals surface area contributed by atoms with Gasteiger partial charge >= 0.3 is 0 Å². The number of H-pyrrole nitrogens is 1. The summed E-state index contributed by atoms with van der Waals surface area (Å²) in [5.74, 6) is 0. The van der Waals surface area contributed by atoms with Crippen LogP contribution in [0.3, 0.4) is 0 Å². The van der Waals surface area contributed by atoms with E-state index >= 15 is 0 Å². The van der Waals surface area contributed by atoms with Crippen LogP contribution in [-0.4, -0.2) is 19.8 Å². The van der Waals surface area contributed by atoms with Gasteiger partial charge in [-0.3, -0.25) is 4.79 Å². The van der Waals surface area contributed by atoms with Crippen LogP contribution in [0.2, 0.25) is 0 Å². The average Bonchev–Trinajstić information content (AvgIpc) is 2.66. The fourth-order valence-corrected chi connectivity index (χ4v) is 1.53. The topological polar surface area (TPSA) is 63.0 Å². The van der Waals surface area contributed by atoms with Crippen LogP contribution in [-0.2, 0) is 0 Å². The van der Waals surface area contributed by atoms with Gasteiger partial charge in [0.05, 0.1) is 17.1 Å². The lowest BCUT2D eigenvalue weighted by Gasteiger charge is -1.97. The Balaban J connectivity index is 2.74. The third kappa shape index (κ3) is 0.806. The molecule has 0 bridgehead atoms. The van der Waals surface area contributed by atoms with E-state index in [2.05, 4.69) is 15.3 Å². The third-order valence-corrected chi connectivity index (χ3v) is 2.17. The van der Waals surface area contributed by atoms with Crippen LogP contribution < -0.4 is 5.56 Å². The molecule has 3 rings (SSSR count). The van der Waals surface area contributed by atoms with E-state index < -0.39 is 0 Å². The highest BCUT2D eigenvalue weighted by Crippen LogP contribution is 2.08. The van der Waals surface area contributed by atoms with E-state index in [1.807, 2.05) is 18.2 Å². The van der Waals surface area contributed by atoms with Crippen molar-refractivity contribution in [1.29, 1.82) is 0 Å². The molecule has 0 saturated heterocycles. The van der Waals surface area contributed by atoms with Gasteiger partial charge in [0.15, 0.2) is 5.65 Å². The summed E-state index contributed by atoms with van der Waals surface area (Å²) in [5.41, 5.74) is 1.26. The van der Waals surface area contributed by atoms with Crippen molar-refractivity contribution in [1.82, 2.24) is 19.8 Å². The Kier molecular flexibility index (Phi) is 1.25. The summed E-state index contributed by atoms with van der Waals surface area (Å²) in [4.78, 5) is 14.3. The molecule has 68 valence electrons. The van der Waals surface area contributed by atoms with E-state index in [0.717, 1.165) is 5.52 Å². The molecule has 0 fully saturated rings. The zero-order chi connectivity index (χ0) is 9.54. The monoisotopic (exact) mass is 186 g/mol. The van der Waals surface area contributed by atoms with Crippen molar-refractivity contribution in [2.45, 2.75) is 0 Å². The van der Waals surface area contributed by atoms with E-state index in [0.29, 0.717) is 11.0 Å². The molecule has 0 atom stereocenters. The van der Waals surface area contributed by atoms with Gasteiger partial charge in [-0.25, -0.2) is 0 Å². The average molecular weight is 186 g/mol. The maximum atomic E-state index is 11.6. The van der Waals surface area contributed by atoms with Gasteiger partial charge in [-0.15, -0.1) is 5.10 Å². The van der Waals surface area contributed by atoms with Crippen molar-refractivity contribution >= 4 is 16.6 Å². The second kappa shape index (κ2) is 2.41. The second-order valence-corrected chi connectivity index (χ2v) is 3.00. The lowest BCUT2D eigenvalue weighted by atomic mass is 10.2. The molecule has 5 heteroatoms. The highest BCUT2D eigenvalue weighted by Gasteiger charge is 2.03. The molecule has 0 aliphatic heterocycles. The Morgan fingerprint density at radius 1 is 1.29 bits per heavy atom. The van der Waals surface area contributed by atoms with Gasteiger partial charge in [0.25, 0.3) is 5.56 Å². The number of aromatic nitrogens is 4. The van der Waals surface area contributed by atoms with Gasteiger partial charge in [0.2, 0.25) is 0 Å². The van der Waals surface area contributed by atoms with Gasteiger partial charge in [0, 0.05) is 0 Å². The number of aromatic amines is 1. The molecule has 3 aromatic rings. The summed E-state index contributed by atoms with van der Waals surface area (Å²) in [6.07, 6.45) is 1.52. The molecule has 0 radical (unpaired) electrons. The summed E-state index contributed by atoms with van der Waals surface area (Å²) in [6.45, 7) is 0. The third-order valence-electron chi connectivity index (χ3n) is 2.17. The summed E-state index contributed by atoms with van der Waals surface area (Å²) < 4.78 is 1.61. The molecular weight excluding hydrogens is 180 g/mol. The molecule has 0 aliphatic rings. The molecule has 0 aliphatic carbocycles. The van der Waals surface area contributed by atoms with E-state index in [1.165, 1.54) is 6.20 Å². The SMILES string of the molecule is O=c1[nH]c2cnnn2c2ccccc12. The molecule has 1 N–H and O–H groups in total. The maximum absolute atomic E-state index is 11.6. The Labute approximate surface area is 78.0 Å². The minimum atomic E-state index is -0.115. The Hall–Kier alpha value is -2.17. The number of rotatable bonds is 0. The number of para-hydroxylation sites is 1. The molecule has 0 unspecified atom stereocenters. The summed E-state index contributed by atoms with van der Waals surface area (Å²) in [6, 6.07) is 7.28. The second-order valence-electron chi connectivity index (χ2n) is 3.00. The van der Waals surface area contributed by atoms with Crippen LogP contribution in [0.25, 0.3) is 16.6 Å². The van der Waals surface area contributed by atoms with Gasteiger partial charge in [-0.2, -0.15) is 4.52 Å². The van der Waals surface area contributed by atoms with Gasteiger partial charge < -0.3 is 4.98 Å². The van der Waals surface area contributed by atoms with Crippen LogP contribution in [0, 0.1) is 0 Å². The Bertz CT molecular complexity index is 667. The highest BCUT2D eigenvalue weighted by atomic mass is 16.1. The first-order valence-electron chi connectivity index (χ1n) is 4.18. The fourth-order valence-electron chi connectivity index (χ4n) is 1.53. The fraction of sp³-hybridized carbons (Fsp3) is 0. The quantitative estimate of drug-likeness (QED) is 0.558.